The quantitative estimate of drug-likeness (QED) is 0.795. The van der Waals surface area contributed by atoms with E-state index in [0.717, 1.165) is 43.0 Å². The standard InChI is InChI=1S/C19H24F3N3O3/c20-19(21,22)14-5-3-13(4-6-14)11-16(26)17-15(12-24-8-1-2-9-24)23-7-10-25(17)18(27)28/h3-6,15,17,23H,1-2,7-12H2,(H,27,28). The van der Waals surface area contributed by atoms with Gasteiger partial charge in [-0.1, -0.05) is 12.1 Å². The molecule has 2 atom stereocenters. The summed E-state index contributed by atoms with van der Waals surface area (Å²) in [5, 5.41) is 12.8. The van der Waals surface area contributed by atoms with Crippen LogP contribution in [0.2, 0.25) is 0 Å². The number of carboxylic acid groups (broad SMARTS) is 1. The van der Waals surface area contributed by atoms with Crippen LogP contribution in [0.5, 0.6) is 0 Å². The molecule has 0 aromatic heterocycles. The highest BCUT2D eigenvalue weighted by molar-refractivity contribution is 5.89. The predicted molar refractivity (Wildman–Crippen MR) is 96.1 cm³/mol. The maximum absolute atomic E-state index is 13.0. The third kappa shape index (κ3) is 4.82. The number of nitrogens with zero attached hydrogens (tertiary/aromatic N) is 2. The molecule has 0 spiro atoms. The molecule has 28 heavy (non-hydrogen) atoms. The molecule has 6 nitrogen and oxygen atoms in total. The van der Waals surface area contributed by atoms with Crippen molar-refractivity contribution in [1.82, 2.24) is 15.1 Å². The number of halogens is 3. The van der Waals surface area contributed by atoms with Crippen molar-refractivity contribution in [1.29, 1.82) is 0 Å². The van der Waals surface area contributed by atoms with Crippen LogP contribution in [0.3, 0.4) is 0 Å². The molecule has 2 unspecified atom stereocenters. The summed E-state index contributed by atoms with van der Waals surface area (Å²) in [6.07, 6.45) is -3.53. The molecule has 1 aromatic carbocycles. The summed E-state index contributed by atoms with van der Waals surface area (Å²) in [6.45, 7) is 3.09. The molecule has 0 radical (unpaired) electrons. The first-order valence-corrected chi connectivity index (χ1v) is 9.40. The number of carbonyl (C=O) groups excluding carboxylic acids is 1. The molecule has 3 rings (SSSR count). The molecule has 0 bridgehead atoms. The van der Waals surface area contributed by atoms with E-state index in [4.69, 9.17) is 0 Å². The normalized spacial score (nSPS) is 23.8. The van der Waals surface area contributed by atoms with E-state index < -0.39 is 23.9 Å². The summed E-state index contributed by atoms with van der Waals surface area (Å²) in [6, 6.07) is 3.26. The van der Waals surface area contributed by atoms with Gasteiger partial charge in [-0.15, -0.1) is 0 Å². The van der Waals surface area contributed by atoms with E-state index in [1.165, 1.54) is 12.1 Å². The lowest BCUT2D eigenvalue weighted by molar-refractivity contribution is -0.137. The maximum Gasteiger partial charge on any atom is 0.416 e. The number of amides is 1. The Hall–Kier alpha value is -2.13. The van der Waals surface area contributed by atoms with Gasteiger partial charge in [-0.2, -0.15) is 13.2 Å². The highest BCUT2D eigenvalue weighted by atomic mass is 19.4. The van der Waals surface area contributed by atoms with Gasteiger partial charge in [0.15, 0.2) is 5.78 Å². The van der Waals surface area contributed by atoms with E-state index in [0.29, 0.717) is 18.7 Å². The van der Waals surface area contributed by atoms with Crippen LogP contribution in [0, 0.1) is 0 Å². The molecule has 2 aliphatic rings. The first-order chi connectivity index (χ1) is 13.3. The van der Waals surface area contributed by atoms with Gasteiger partial charge < -0.3 is 15.3 Å². The number of benzene rings is 1. The number of hydrogen-bond donors (Lipinski definition) is 2. The molecule has 2 heterocycles. The van der Waals surface area contributed by atoms with Crippen LogP contribution in [-0.2, 0) is 17.4 Å². The van der Waals surface area contributed by atoms with Crippen LogP contribution in [0.15, 0.2) is 24.3 Å². The summed E-state index contributed by atoms with van der Waals surface area (Å²) in [5.41, 5.74) is -0.337. The van der Waals surface area contributed by atoms with Crippen molar-refractivity contribution in [3.8, 4) is 0 Å². The molecule has 2 aliphatic heterocycles. The highest BCUT2D eigenvalue weighted by Crippen LogP contribution is 2.29. The third-order valence-electron chi connectivity index (χ3n) is 5.36. The number of alkyl halides is 3. The molecule has 1 aromatic rings. The van der Waals surface area contributed by atoms with Crippen molar-refractivity contribution in [3.05, 3.63) is 35.4 Å². The van der Waals surface area contributed by atoms with Crippen molar-refractivity contribution in [2.45, 2.75) is 37.5 Å². The van der Waals surface area contributed by atoms with Gasteiger partial charge in [0.2, 0.25) is 0 Å². The number of hydrogen-bond acceptors (Lipinski definition) is 4. The summed E-state index contributed by atoms with van der Waals surface area (Å²) in [7, 11) is 0. The Morgan fingerprint density at radius 1 is 1.11 bits per heavy atom. The Labute approximate surface area is 161 Å². The van der Waals surface area contributed by atoms with E-state index in [-0.39, 0.29) is 24.8 Å². The second kappa shape index (κ2) is 8.48. The highest BCUT2D eigenvalue weighted by Gasteiger charge is 2.40. The number of likely N-dealkylation sites (tertiary alicyclic amines) is 1. The summed E-state index contributed by atoms with van der Waals surface area (Å²) < 4.78 is 38.1. The van der Waals surface area contributed by atoms with Gasteiger partial charge >= 0.3 is 12.3 Å². The number of rotatable bonds is 5. The van der Waals surface area contributed by atoms with Gasteiger partial charge in [-0.25, -0.2) is 4.79 Å². The van der Waals surface area contributed by atoms with E-state index in [9.17, 15) is 27.9 Å². The minimum atomic E-state index is -4.43. The van der Waals surface area contributed by atoms with Crippen molar-refractivity contribution in [3.63, 3.8) is 0 Å². The van der Waals surface area contributed by atoms with E-state index >= 15 is 0 Å². The minimum Gasteiger partial charge on any atom is -0.465 e. The fraction of sp³-hybridized carbons (Fsp3) is 0.579. The van der Waals surface area contributed by atoms with Crippen LogP contribution in [0.1, 0.15) is 24.0 Å². The summed E-state index contributed by atoms with van der Waals surface area (Å²) >= 11 is 0. The van der Waals surface area contributed by atoms with Gasteiger partial charge in [-0.05, 0) is 43.6 Å². The second-order valence-electron chi connectivity index (χ2n) is 7.33. The molecule has 1 amide bonds. The molecule has 2 fully saturated rings. The number of nitrogens with one attached hydrogen (secondary N) is 1. The van der Waals surface area contributed by atoms with Gasteiger partial charge in [0, 0.05) is 32.1 Å². The average molecular weight is 399 g/mol. The number of carbonyl (C=O) groups is 2. The van der Waals surface area contributed by atoms with Gasteiger partial charge in [-0.3, -0.25) is 9.69 Å². The second-order valence-corrected chi connectivity index (χ2v) is 7.33. The predicted octanol–water partition coefficient (Wildman–Crippen LogP) is 2.23. The Kier molecular flexibility index (Phi) is 6.24. The zero-order valence-corrected chi connectivity index (χ0v) is 15.4. The lowest BCUT2D eigenvalue weighted by Crippen LogP contribution is -2.65. The molecule has 0 aliphatic carbocycles. The lowest BCUT2D eigenvalue weighted by Gasteiger charge is -2.41. The van der Waals surface area contributed by atoms with Crippen molar-refractivity contribution in [2.75, 3.05) is 32.7 Å². The van der Waals surface area contributed by atoms with Crippen molar-refractivity contribution in [2.24, 2.45) is 0 Å². The molecule has 2 saturated heterocycles. The van der Waals surface area contributed by atoms with Crippen LogP contribution in [0.25, 0.3) is 0 Å². The number of ketones is 1. The fourth-order valence-electron chi connectivity index (χ4n) is 3.98. The van der Waals surface area contributed by atoms with Gasteiger partial charge in [0.25, 0.3) is 0 Å². The Morgan fingerprint density at radius 3 is 2.32 bits per heavy atom. The first-order valence-electron chi connectivity index (χ1n) is 9.40. The fourth-order valence-corrected chi connectivity index (χ4v) is 3.98. The van der Waals surface area contributed by atoms with E-state index in [2.05, 4.69) is 10.2 Å². The lowest BCUT2D eigenvalue weighted by atomic mass is 9.94. The van der Waals surface area contributed by atoms with Crippen molar-refractivity contribution < 1.29 is 27.9 Å². The largest absolute Gasteiger partial charge is 0.465 e. The molecule has 154 valence electrons. The third-order valence-corrected chi connectivity index (χ3v) is 5.36. The van der Waals surface area contributed by atoms with Crippen LogP contribution < -0.4 is 5.32 Å². The molecular weight excluding hydrogens is 375 g/mol. The van der Waals surface area contributed by atoms with E-state index in [1.807, 2.05) is 0 Å². The first kappa shape index (κ1) is 20.6. The van der Waals surface area contributed by atoms with Crippen molar-refractivity contribution >= 4 is 11.9 Å². The Morgan fingerprint density at radius 2 is 1.75 bits per heavy atom. The SMILES string of the molecule is O=C(Cc1ccc(C(F)(F)F)cc1)C1C(CN2CCCC2)NCCN1C(=O)O. The summed E-state index contributed by atoms with van der Waals surface area (Å²) in [5.74, 6) is -0.307. The monoisotopic (exact) mass is 399 g/mol. The minimum absolute atomic E-state index is 0.106. The van der Waals surface area contributed by atoms with Crippen LogP contribution >= 0.6 is 0 Å². The van der Waals surface area contributed by atoms with Crippen LogP contribution in [0.4, 0.5) is 18.0 Å². The van der Waals surface area contributed by atoms with Crippen LogP contribution in [-0.4, -0.2) is 71.6 Å². The summed E-state index contributed by atoms with van der Waals surface area (Å²) in [4.78, 5) is 28.0. The smallest absolute Gasteiger partial charge is 0.416 e. The topological polar surface area (TPSA) is 72.9 Å². The zero-order chi connectivity index (χ0) is 20.3. The van der Waals surface area contributed by atoms with Gasteiger partial charge in [0.1, 0.15) is 6.04 Å². The van der Waals surface area contributed by atoms with Gasteiger partial charge in [0.05, 0.1) is 5.56 Å². The number of Topliss-reactive ketones (excluding diaryl/α,β-unsaturated/α-hetero) is 1. The molecule has 9 heteroatoms. The average Bonchev–Trinajstić information content (AvgIpc) is 3.14. The molecule has 2 N–H and O–H groups in total. The maximum atomic E-state index is 13.0. The Balaban J connectivity index is 1.74. The molecular formula is C19H24F3N3O3. The number of piperazine rings is 1. The Bertz CT molecular complexity index is 703. The molecule has 0 saturated carbocycles. The zero-order valence-electron chi connectivity index (χ0n) is 15.4. The van der Waals surface area contributed by atoms with E-state index in [1.54, 1.807) is 0 Å².